The predicted octanol–water partition coefficient (Wildman–Crippen LogP) is 3.86. The lowest BCUT2D eigenvalue weighted by molar-refractivity contribution is -0.122. The van der Waals surface area contributed by atoms with Gasteiger partial charge in [0, 0.05) is 17.4 Å². The quantitative estimate of drug-likeness (QED) is 0.743. The number of hydrogen-bond donors (Lipinski definition) is 2. The Hall–Kier alpha value is -0.870. The van der Waals surface area contributed by atoms with Crippen LogP contribution in [-0.4, -0.2) is 23.7 Å². The van der Waals surface area contributed by atoms with Gasteiger partial charge in [0.15, 0.2) is 0 Å². The van der Waals surface area contributed by atoms with Crippen LogP contribution in [-0.2, 0) is 4.79 Å². The fourth-order valence-electron chi connectivity index (χ4n) is 2.48. The molecule has 3 nitrogen and oxygen atoms in total. The predicted molar refractivity (Wildman–Crippen MR) is 90.3 cm³/mol. The van der Waals surface area contributed by atoms with Crippen molar-refractivity contribution >= 4 is 21.8 Å². The molecule has 1 aromatic rings. The normalized spacial score (nSPS) is 14.0. The third-order valence-corrected chi connectivity index (χ3v) is 4.56. The first-order valence-electron chi connectivity index (χ1n) is 7.68. The van der Waals surface area contributed by atoms with Crippen LogP contribution in [0.2, 0.25) is 0 Å². The summed E-state index contributed by atoms with van der Waals surface area (Å²) in [5.74, 6) is 0.424. The van der Waals surface area contributed by atoms with Crippen LogP contribution < -0.4 is 5.32 Å². The zero-order chi connectivity index (χ0) is 15.8. The molecular weight excluding hydrogens is 330 g/mol. The minimum Gasteiger partial charge on any atom is -0.391 e. The van der Waals surface area contributed by atoms with E-state index in [4.69, 9.17) is 0 Å². The first-order valence-corrected chi connectivity index (χ1v) is 8.47. The Morgan fingerprint density at radius 3 is 2.33 bits per heavy atom. The van der Waals surface area contributed by atoms with E-state index in [0.717, 1.165) is 22.9 Å². The minimum absolute atomic E-state index is 0.00424. The zero-order valence-electron chi connectivity index (χ0n) is 13.1. The van der Waals surface area contributed by atoms with Crippen molar-refractivity contribution in [2.75, 3.05) is 6.54 Å². The molecule has 0 saturated heterocycles. The van der Waals surface area contributed by atoms with E-state index in [1.54, 1.807) is 0 Å². The second kappa shape index (κ2) is 9.21. The molecule has 0 bridgehead atoms. The lowest BCUT2D eigenvalue weighted by Gasteiger charge is -2.21. The largest absolute Gasteiger partial charge is 0.391 e. The van der Waals surface area contributed by atoms with Gasteiger partial charge < -0.3 is 10.4 Å². The lowest BCUT2D eigenvalue weighted by atomic mass is 9.96. The third kappa shape index (κ3) is 6.18. The maximum atomic E-state index is 12.0. The van der Waals surface area contributed by atoms with Crippen LogP contribution in [0.15, 0.2) is 28.7 Å². The van der Waals surface area contributed by atoms with E-state index in [1.165, 1.54) is 0 Å². The molecule has 0 radical (unpaired) electrons. The SMILES string of the molecule is CCC(CC)C(O)CNC(=O)CC(C)c1ccc(Br)cc1. The van der Waals surface area contributed by atoms with E-state index in [9.17, 15) is 9.90 Å². The number of rotatable bonds is 8. The molecule has 0 aliphatic carbocycles. The van der Waals surface area contributed by atoms with E-state index in [1.807, 2.05) is 31.2 Å². The Morgan fingerprint density at radius 2 is 1.81 bits per heavy atom. The average molecular weight is 356 g/mol. The average Bonchev–Trinajstić information content (AvgIpc) is 2.47. The van der Waals surface area contributed by atoms with Gasteiger partial charge in [0.25, 0.3) is 0 Å². The highest BCUT2D eigenvalue weighted by Crippen LogP contribution is 2.21. The lowest BCUT2D eigenvalue weighted by Crippen LogP contribution is -2.36. The summed E-state index contributed by atoms with van der Waals surface area (Å²) in [4.78, 5) is 12.0. The summed E-state index contributed by atoms with van der Waals surface area (Å²) >= 11 is 3.41. The van der Waals surface area contributed by atoms with Crippen LogP contribution in [0.4, 0.5) is 0 Å². The van der Waals surface area contributed by atoms with Crippen molar-refractivity contribution in [3.63, 3.8) is 0 Å². The van der Waals surface area contributed by atoms with E-state index in [-0.39, 0.29) is 17.7 Å². The molecule has 0 aliphatic rings. The monoisotopic (exact) mass is 355 g/mol. The van der Waals surface area contributed by atoms with Crippen LogP contribution in [0.25, 0.3) is 0 Å². The molecule has 0 aliphatic heterocycles. The Labute approximate surface area is 136 Å². The van der Waals surface area contributed by atoms with Crippen molar-refractivity contribution in [3.05, 3.63) is 34.3 Å². The van der Waals surface area contributed by atoms with Gasteiger partial charge in [-0.15, -0.1) is 0 Å². The van der Waals surface area contributed by atoms with Crippen LogP contribution >= 0.6 is 15.9 Å². The molecule has 0 aromatic heterocycles. The van der Waals surface area contributed by atoms with Gasteiger partial charge in [0.2, 0.25) is 5.91 Å². The third-order valence-electron chi connectivity index (χ3n) is 4.03. The highest BCUT2D eigenvalue weighted by Gasteiger charge is 2.17. The van der Waals surface area contributed by atoms with Crippen LogP contribution in [0.1, 0.15) is 51.5 Å². The van der Waals surface area contributed by atoms with Gasteiger partial charge in [-0.25, -0.2) is 0 Å². The molecule has 2 unspecified atom stereocenters. The first kappa shape index (κ1) is 18.2. The van der Waals surface area contributed by atoms with Gasteiger partial charge in [-0.2, -0.15) is 0 Å². The fraction of sp³-hybridized carbons (Fsp3) is 0.588. The smallest absolute Gasteiger partial charge is 0.220 e. The molecular formula is C17H26BrNO2. The number of carbonyl (C=O) groups excluding carboxylic acids is 1. The zero-order valence-corrected chi connectivity index (χ0v) is 14.7. The van der Waals surface area contributed by atoms with Gasteiger partial charge in [-0.1, -0.05) is 61.7 Å². The van der Waals surface area contributed by atoms with Crippen molar-refractivity contribution in [3.8, 4) is 0 Å². The minimum atomic E-state index is -0.452. The maximum absolute atomic E-state index is 12.0. The van der Waals surface area contributed by atoms with E-state index < -0.39 is 6.10 Å². The standard InChI is InChI=1S/C17H26BrNO2/c1-4-13(5-2)16(20)11-19-17(21)10-12(3)14-6-8-15(18)9-7-14/h6-9,12-13,16,20H,4-5,10-11H2,1-3H3,(H,19,21). The molecule has 118 valence electrons. The topological polar surface area (TPSA) is 49.3 Å². The highest BCUT2D eigenvalue weighted by atomic mass is 79.9. The van der Waals surface area contributed by atoms with Crippen molar-refractivity contribution in [1.29, 1.82) is 0 Å². The van der Waals surface area contributed by atoms with Crippen molar-refractivity contribution in [2.45, 2.75) is 52.1 Å². The van der Waals surface area contributed by atoms with Crippen LogP contribution in [0.3, 0.4) is 0 Å². The van der Waals surface area contributed by atoms with Gasteiger partial charge in [0.05, 0.1) is 6.10 Å². The molecule has 2 atom stereocenters. The summed E-state index contributed by atoms with van der Waals surface area (Å²) in [5.41, 5.74) is 1.15. The Morgan fingerprint density at radius 1 is 1.24 bits per heavy atom. The van der Waals surface area contributed by atoms with Gasteiger partial charge >= 0.3 is 0 Å². The summed E-state index contributed by atoms with van der Waals surface area (Å²) in [6.07, 6.45) is 1.86. The summed E-state index contributed by atoms with van der Waals surface area (Å²) < 4.78 is 1.04. The second-order valence-electron chi connectivity index (χ2n) is 5.60. The Balaban J connectivity index is 2.41. The number of aliphatic hydroxyl groups is 1. The first-order chi connectivity index (χ1) is 9.97. The number of carbonyl (C=O) groups is 1. The molecule has 0 spiro atoms. The molecule has 1 amide bonds. The summed E-state index contributed by atoms with van der Waals surface area (Å²) in [7, 11) is 0. The maximum Gasteiger partial charge on any atom is 0.220 e. The number of amides is 1. The molecule has 1 rings (SSSR count). The summed E-state index contributed by atoms with van der Waals surface area (Å²) in [5, 5.41) is 12.9. The number of aliphatic hydroxyl groups excluding tert-OH is 1. The van der Waals surface area contributed by atoms with E-state index in [2.05, 4.69) is 35.1 Å². The van der Waals surface area contributed by atoms with E-state index >= 15 is 0 Å². The van der Waals surface area contributed by atoms with Gasteiger partial charge in [-0.3, -0.25) is 4.79 Å². The summed E-state index contributed by atoms with van der Waals surface area (Å²) in [6, 6.07) is 8.03. The van der Waals surface area contributed by atoms with Crippen LogP contribution in [0, 0.1) is 5.92 Å². The molecule has 21 heavy (non-hydrogen) atoms. The Kier molecular flexibility index (Phi) is 7.97. The molecule has 2 N–H and O–H groups in total. The number of halogens is 1. The fourth-order valence-corrected chi connectivity index (χ4v) is 2.74. The molecule has 0 fully saturated rings. The molecule has 1 aromatic carbocycles. The van der Waals surface area contributed by atoms with Crippen molar-refractivity contribution in [2.24, 2.45) is 5.92 Å². The van der Waals surface area contributed by atoms with Crippen LogP contribution in [0.5, 0.6) is 0 Å². The number of benzene rings is 1. The van der Waals surface area contributed by atoms with Gasteiger partial charge in [0.1, 0.15) is 0 Å². The highest BCUT2D eigenvalue weighted by molar-refractivity contribution is 9.10. The summed E-state index contributed by atoms with van der Waals surface area (Å²) in [6.45, 7) is 6.52. The second-order valence-corrected chi connectivity index (χ2v) is 6.52. The van der Waals surface area contributed by atoms with Crippen molar-refractivity contribution in [1.82, 2.24) is 5.32 Å². The molecule has 0 saturated carbocycles. The molecule has 0 heterocycles. The Bertz CT molecular complexity index is 429. The van der Waals surface area contributed by atoms with Crippen molar-refractivity contribution < 1.29 is 9.90 Å². The van der Waals surface area contributed by atoms with Gasteiger partial charge in [-0.05, 0) is 29.5 Å². The molecule has 4 heteroatoms. The number of hydrogen-bond acceptors (Lipinski definition) is 2. The van der Waals surface area contributed by atoms with E-state index in [0.29, 0.717) is 13.0 Å². The number of nitrogens with one attached hydrogen (secondary N) is 1.